The molecule has 1 atom stereocenters. The lowest BCUT2D eigenvalue weighted by Gasteiger charge is -2.31. The van der Waals surface area contributed by atoms with Crippen molar-refractivity contribution >= 4 is 5.91 Å². The maximum absolute atomic E-state index is 12.6. The van der Waals surface area contributed by atoms with E-state index >= 15 is 0 Å². The zero-order valence-electron chi connectivity index (χ0n) is 14.3. The van der Waals surface area contributed by atoms with Crippen LogP contribution in [0.15, 0.2) is 30.3 Å². The molecule has 4 nitrogen and oxygen atoms in total. The highest BCUT2D eigenvalue weighted by Crippen LogP contribution is 2.22. The minimum atomic E-state index is 0.0832. The highest BCUT2D eigenvalue weighted by molar-refractivity contribution is 5.78. The van der Waals surface area contributed by atoms with E-state index in [1.54, 1.807) is 0 Å². The van der Waals surface area contributed by atoms with E-state index in [0.717, 1.165) is 31.5 Å². The molecule has 0 spiro atoms. The molecule has 1 fully saturated rings. The Kier molecular flexibility index (Phi) is 7.56. The zero-order chi connectivity index (χ0) is 16.5. The highest BCUT2D eigenvalue weighted by atomic mass is 16.3. The molecule has 23 heavy (non-hydrogen) atoms. The monoisotopic (exact) mass is 318 g/mol. The summed E-state index contributed by atoms with van der Waals surface area (Å²) in [5, 5.41) is 9.38. The molecule has 1 N–H and O–H groups in total. The predicted molar refractivity (Wildman–Crippen MR) is 93.2 cm³/mol. The summed E-state index contributed by atoms with van der Waals surface area (Å²) < 4.78 is 0. The average molecular weight is 318 g/mol. The van der Waals surface area contributed by atoms with Gasteiger partial charge in [0.2, 0.25) is 5.91 Å². The van der Waals surface area contributed by atoms with E-state index in [4.69, 9.17) is 0 Å². The van der Waals surface area contributed by atoms with Crippen LogP contribution in [-0.4, -0.2) is 54.1 Å². The number of benzene rings is 1. The van der Waals surface area contributed by atoms with Crippen molar-refractivity contribution < 1.29 is 9.90 Å². The maximum atomic E-state index is 12.6. The summed E-state index contributed by atoms with van der Waals surface area (Å²) >= 11 is 0. The second kappa shape index (κ2) is 9.68. The first kappa shape index (κ1) is 18.0. The molecule has 0 radical (unpaired) electrons. The van der Waals surface area contributed by atoms with E-state index in [-0.39, 0.29) is 18.6 Å². The van der Waals surface area contributed by atoms with Gasteiger partial charge in [0.05, 0.1) is 6.54 Å². The summed E-state index contributed by atoms with van der Waals surface area (Å²) in [6, 6.07) is 10.2. The highest BCUT2D eigenvalue weighted by Gasteiger charge is 2.22. The molecular formula is C19H30N2O2. The Morgan fingerprint density at radius 3 is 2.35 bits per heavy atom. The van der Waals surface area contributed by atoms with Crippen molar-refractivity contribution in [3.05, 3.63) is 35.9 Å². The third-order valence-corrected chi connectivity index (χ3v) is 4.71. The van der Waals surface area contributed by atoms with Gasteiger partial charge in [0.25, 0.3) is 0 Å². The molecule has 1 aliphatic heterocycles. The van der Waals surface area contributed by atoms with Gasteiger partial charge in [-0.05, 0) is 31.9 Å². The summed E-state index contributed by atoms with van der Waals surface area (Å²) in [5.41, 5.74) is 1.16. The van der Waals surface area contributed by atoms with Gasteiger partial charge in [0.15, 0.2) is 0 Å². The topological polar surface area (TPSA) is 43.8 Å². The number of aliphatic hydroxyl groups is 1. The Bertz CT molecular complexity index is 456. The van der Waals surface area contributed by atoms with E-state index in [1.165, 1.54) is 19.3 Å². The number of amides is 1. The van der Waals surface area contributed by atoms with Crippen molar-refractivity contribution in [1.29, 1.82) is 0 Å². The standard InChI is InChI=1S/C19H30N2O2/c1-20(18(12-15-22)17-10-6-5-7-11-17)16-19(23)21-13-8-3-2-4-9-14-21/h5-7,10-11,18,22H,2-4,8-9,12-16H2,1H3. The van der Waals surface area contributed by atoms with Gasteiger partial charge in [0, 0.05) is 25.7 Å². The fourth-order valence-corrected chi connectivity index (χ4v) is 3.36. The lowest BCUT2D eigenvalue weighted by atomic mass is 10.0. The number of aliphatic hydroxyl groups excluding tert-OH is 1. The first-order valence-corrected chi connectivity index (χ1v) is 8.86. The minimum Gasteiger partial charge on any atom is -0.396 e. The Hall–Kier alpha value is -1.39. The molecule has 4 heteroatoms. The van der Waals surface area contributed by atoms with Gasteiger partial charge < -0.3 is 10.0 Å². The van der Waals surface area contributed by atoms with E-state index in [0.29, 0.717) is 13.0 Å². The molecule has 0 aliphatic carbocycles. The van der Waals surface area contributed by atoms with Gasteiger partial charge in [-0.2, -0.15) is 0 Å². The van der Waals surface area contributed by atoms with Crippen molar-refractivity contribution in [3.63, 3.8) is 0 Å². The third-order valence-electron chi connectivity index (χ3n) is 4.71. The van der Waals surface area contributed by atoms with E-state index in [1.807, 2.05) is 30.1 Å². The van der Waals surface area contributed by atoms with E-state index in [9.17, 15) is 9.90 Å². The van der Waals surface area contributed by atoms with Crippen LogP contribution in [0.2, 0.25) is 0 Å². The quantitative estimate of drug-likeness (QED) is 0.877. The fraction of sp³-hybridized carbons (Fsp3) is 0.632. The van der Waals surface area contributed by atoms with Crippen molar-refractivity contribution in [2.75, 3.05) is 33.3 Å². The molecule has 1 aliphatic rings. The van der Waals surface area contributed by atoms with Gasteiger partial charge in [-0.25, -0.2) is 0 Å². The third kappa shape index (κ3) is 5.63. The largest absolute Gasteiger partial charge is 0.396 e. The lowest BCUT2D eigenvalue weighted by Crippen LogP contribution is -2.41. The molecule has 1 aromatic rings. The second-order valence-electron chi connectivity index (χ2n) is 6.50. The van der Waals surface area contributed by atoms with Crippen LogP contribution in [0.5, 0.6) is 0 Å². The van der Waals surface area contributed by atoms with Gasteiger partial charge in [-0.15, -0.1) is 0 Å². The SMILES string of the molecule is CN(CC(=O)N1CCCCCCC1)C(CCO)c1ccccc1. The van der Waals surface area contributed by atoms with Gasteiger partial charge in [-0.1, -0.05) is 49.6 Å². The van der Waals surface area contributed by atoms with Crippen LogP contribution in [0.25, 0.3) is 0 Å². The van der Waals surface area contributed by atoms with Crippen LogP contribution in [0.1, 0.15) is 50.1 Å². The van der Waals surface area contributed by atoms with E-state index in [2.05, 4.69) is 17.0 Å². The normalized spacial score (nSPS) is 17.6. The summed E-state index contributed by atoms with van der Waals surface area (Å²) in [5.74, 6) is 0.216. The molecule has 0 saturated carbocycles. The van der Waals surface area contributed by atoms with Crippen LogP contribution >= 0.6 is 0 Å². The Morgan fingerprint density at radius 2 is 1.74 bits per heavy atom. The van der Waals surface area contributed by atoms with Crippen molar-refractivity contribution in [2.24, 2.45) is 0 Å². The van der Waals surface area contributed by atoms with Crippen LogP contribution in [0.3, 0.4) is 0 Å². The molecule has 2 rings (SSSR count). The van der Waals surface area contributed by atoms with Crippen LogP contribution in [0.4, 0.5) is 0 Å². The molecule has 1 unspecified atom stereocenters. The summed E-state index contributed by atoms with van der Waals surface area (Å²) in [7, 11) is 1.98. The minimum absolute atomic E-state index is 0.0832. The summed E-state index contributed by atoms with van der Waals surface area (Å²) in [6.45, 7) is 2.33. The first-order valence-electron chi connectivity index (χ1n) is 8.86. The van der Waals surface area contributed by atoms with Crippen molar-refractivity contribution in [1.82, 2.24) is 9.80 Å². The van der Waals surface area contributed by atoms with Crippen molar-refractivity contribution in [3.8, 4) is 0 Å². The number of likely N-dealkylation sites (tertiary alicyclic amines) is 1. The number of carbonyl (C=O) groups excluding carboxylic acids is 1. The van der Waals surface area contributed by atoms with Crippen molar-refractivity contribution in [2.45, 2.75) is 44.6 Å². The number of nitrogens with zero attached hydrogens (tertiary/aromatic N) is 2. The summed E-state index contributed by atoms with van der Waals surface area (Å²) in [4.78, 5) is 16.7. The molecule has 0 aromatic heterocycles. The maximum Gasteiger partial charge on any atom is 0.236 e. The molecule has 128 valence electrons. The Morgan fingerprint density at radius 1 is 1.13 bits per heavy atom. The number of likely N-dealkylation sites (N-methyl/N-ethyl adjacent to an activating group) is 1. The predicted octanol–water partition coefficient (Wildman–Crippen LogP) is 2.83. The van der Waals surface area contributed by atoms with E-state index < -0.39 is 0 Å². The smallest absolute Gasteiger partial charge is 0.236 e. The molecular weight excluding hydrogens is 288 g/mol. The van der Waals surface area contributed by atoms with Gasteiger partial charge >= 0.3 is 0 Å². The van der Waals surface area contributed by atoms with Crippen LogP contribution < -0.4 is 0 Å². The molecule has 1 saturated heterocycles. The second-order valence-corrected chi connectivity index (χ2v) is 6.50. The molecule has 1 aromatic carbocycles. The van der Waals surface area contributed by atoms with Crippen LogP contribution in [0, 0.1) is 0 Å². The Labute approximate surface area is 140 Å². The van der Waals surface area contributed by atoms with Gasteiger partial charge in [0.1, 0.15) is 0 Å². The first-order chi connectivity index (χ1) is 11.2. The lowest BCUT2D eigenvalue weighted by molar-refractivity contribution is -0.133. The molecule has 1 amide bonds. The fourth-order valence-electron chi connectivity index (χ4n) is 3.36. The summed E-state index contributed by atoms with van der Waals surface area (Å²) in [6.07, 6.45) is 6.65. The molecule has 0 bridgehead atoms. The number of carbonyl (C=O) groups is 1. The Balaban J connectivity index is 1.96. The number of rotatable bonds is 6. The van der Waals surface area contributed by atoms with Gasteiger partial charge in [-0.3, -0.25) is 9.69 Å². The average Bonchev–Trinajstić information content (AvgIpc) is 2.52. The number of hydrogen-bond acceptors (Lipinski definition) is 3. The molecule has 1 heterocycles. The number of hydrogen-bond donors (Lipinski definition) is 1. The zero-order valence-corrected chi connectivity index (χ0v) is 14.3. The van der Waals surface area contributed by atoms with Crippen LogP contribution in [-0.2, 0) is 4.79 Å².